The van der Waals surface area contributed by atoms with Gasteiger partial charge in [0.25, 0.3) is 0 Å². The van der Waals surface area contributed by atoms with E-state index in [0.29, 0.717) is 0 Å². The normalized spacial score (nSPS) is 38.1. The van der Waals surface area contributed by atoms with E-state index in [1.54, 1.807) is 6.20 Å². The first kappa shape index (κ1) is 15.8. The van der Waals surface area contributed by atoms with Crippen LogP contribution in [0, 0.1) is 23.2 Å². The van der Waals surface area contributed by atoms with Gasteiger partial charge in [-0.25, -0.2) is 0 Å². The summed E-state index contributed by atoms with van der Waals surface area (Å²) in [6.07, 6.45) is 4.59. The molecular formula is C19H21BrN4O. The summed E-state index contributed by atoms with van der Waals surface area (Å²) in [5.74, 6) is 1.74. The number of anilines is 1. The lowest BCUT2D eigenvalue weighted by Crippen LogP contribution is -2.64. The number of piperidine rings is 1. The summed E-state index contributed by atoms with van der Waals surface area (Å²) >= 11 is 3.48. The molecule has 2 saturated carbocycles. The van der Waals surface area contributed by atoms with Gasteiger partial charge in [-0.2, -0.15) is 5.26 Å². The third-order valence-electron chi connectivity index (χ3n) is 6.74. The fourth-order valence-electron chi connectivity index (χ4n) is 5.04. The van der Waals surface area contributed by atoms with Gasteiger partial charge < -0.3 is 4.90 Å². The zero-order chi connectivity index (χ0) is 17.6. The summed E-state index contributed by atoms with van der Waals surface area (Å²) in [6, 6.07) is 4.68. The van der Waals surface area contributed by atoms with Gasteiger partial charge in [0, 0.05) is 42.6 Å². The SMILES string of the molecule is CC1(C)C(=O)N([C@H]2C[C@@](C#N)(N3CC4CC4C3)C2)c2cc(Br)cnc21. The fraction of sp³-hybridized carbons (Fsp3) is 0.632. The maximum atomic E-state index is 13.1. The van der Waals surface area contributed by atoms with Crippen LogP contribution in [0.3, 0.4) is 0 Å². The van der Waals surface area contributed by atoms with Crippen molar-refractivity contribution in [3.63, 3.8) is 0 Å². The van der Waals surface area contributed by atoms with Crippen LogP contribution in [0.4, 0.5) is 5.69 Å². The summed E-state index contributed by atoms with van der Waals surface area (Å²) in [5, 5.41) is 9.85. The molecule has 0 aromatic carbocycles. The van der Waals surface area contributed by atoms with Crippen LogP contribution in [-0.4, -0.2) is 40.5 Å². The van der Waals surface area contributed by atoms with Crippen LogP contribution < -0.4 is 4.90 Å². The molecular weight excluding hydrogens is 380 g/mol. The lowest BCUT2D eigenvalue weighted by atomic mass is 9.71. The second kappa shape index (κ2) is 4.83. The average molecular weight is 401 g/mol. The molecule has 25 heavy (non-hydrogen) atoms. The Balaban J connectivity index is 1.43. The highest BCUT2D eigenvalue weighted by atomic mass is 79.9. The second-order valence-corrected chi connectivity index (χ2v) is 9.60. The molecule has 1 aromatic rings. The van der Waals surface area contributed by atoms with E-state index in [4.69, 9.17) is 0 Å². The fourth-order valence-corrected chi connectivity index (χ4v) is 5.36. The third-order valence-corrected chi connectivity index (χ3v) is 7.18. The van der Waals surface area contributed by atoms with Gasteiger partial charge in [0.15, 0.2) is 0 Å². The summed E-state index contributed by atoms with van der Waals surface area (Å²) in [5.41, 5.74) is 0.781. The van der Waals surface area contributed by atoms with Crippen molar-refractivity contribution in [3.8, 4) is 6.07 Å². The number of nitriles is 1. The number of fused-ring (bicyclic) bond motifs is 2. The van der Waals surface area contributed by atoms with Gasteiger partial charge in [0.1, 0.15) is 5.54 Å². The summed E-state index contributed by atoms with van der Waals surface area (Å²) in [6.45, 7) is 6.01. The maximum absolute atomic E-state index is 13.1. The minimum atomic E-state index is -0.601. The first-order valence-corrected chi connectivity index (χ1v) is 9.81. The van der Waals surface area contributed by atoms with Crippen LogP contribution in [0.25, 0.3) is 0 Å². The number of nitrogens with zero attached hydrogens (tertiary/aromatic N) is 4. The van der Waals surface area contributed by atoms with E-state index in [9.17, 15) is 10.1 Å². The molecule has 2 aliphatic heterocycles. The van der Waals surface area contributed by atoms with Crippen molar-refractivity contribution < 1.29 is 4.79 Å². The Kier molecular flexibility index (Phi) is 3.05. The van der Waals surface area contributed by atoms with Gasteiger partial charge >= 0.3 is 0 Å². The predicted octanol–water partition coefficient (Wildman–Crippen LogP) is 2.84. The summed E-state index contributed by atoms with van der Waals surface area (Å²) < 4.78 is 0.882. The topological polar surface area (TPSA) is 60.2 Å². The molecule has 1 aromatic heterocycles. The van der Waals surface area contributed by atoms with Crippen LogP contribution in [0.5, 0.6) is 0 Å². The molecule has 0 bridgehead atoms. The Hall–Kier alpha value is -1.45. The average Bonchev–Trinajstić information content (AvgIpc) is 3.09. The van der Waals surface area contributed by atoms with E-state index in [1.807, 2.05) is 24.8 Å². The minimum absolute atomic E-state index is 0.0979. The number of carbonyl (C=O) groups excluding carboxylic acids is 1. The first-order chi connectivity index (χ1) is 11.9. The zero-order valence-electron chi connectivity index (χ0n) is 14.5. The highest BCUT2D eigenvalue weighted by Crippen LogP contribution is 2.53. The highest BCUT2D eigenvalue weighted by molar-refractivity contribution is 9.10. The standard InChI is InChI=1S/C19H21BrN4O/c1-18(2)16-15(4-13(20)7-22-16)24(17(18)25)14-5-19(6-14,10-21)23-8-11-3-12(11)9-23/h4,7,11-12,14H,3,5-6,8-9H2,1-2H3/t11?,12?,14-,19+. The lowest BCUT2D eigenvalue weighted by molar-refractivity contribution is -0.123. The molecule has 1 saturated heterocycles. The number of amides is 1. The van der Waals surface area contributed by atoms with Crippen LogP contribution in [0.1, 0.15) is 38.8 Å². The molecule has 0 spiro atoms. The molecule has 5 nitrogen and oxygen atoms in total. The third kappa shape index (κ3) is 2.03. The Morgan fingerprint density at radius 1 is 1.32 bits per heavy atom. The number of carbonyl (C=O) groups is 1. The lowest BCUT2D eigenvalue weighted by Gasteiger charge is -2.51. The number of hydrogen-bond donors (Lipinski definition) is 0. The molecule has 4 aliphatic rings. The van der Waals surface area contributed by atoms with Gasteiger partial charge in [-0.3, -0.25) is 14.7 Å². The smallest absolute Gasteiger partial charge is 0.239 e. The summed E-state index contributed by atoms with van der Waals surface area (Å²) in [4.78, 5) is 21.9. The van der Waals surface area contributed by atoms with Gasteiger partial charge in [-0.05, 0) is 54.1 Å². The number of halogens is 1. The van der Waals surface area contributed by atoms with Crippen molar-refractivity contribution in [3.05, 3.63) is 22.4 Å². The molecule has 2 aliphatic carbocycles. The van der Waals surface area contributed by atoms with E-state index < -0.39 is 5.41 Å². The molecule has 5 rings (SSSR count). The van der Waals surface area contributed by atoms with Crippen molar-refractivity contribution >= 4 is 27.5 Å². The van der Waals surface area contributed by atoms with Crippen LogP contribution in [-0.2, 0) is 10.2 Å². The van der Waals surface area contributed by atoms with E-state index in [1.165, 1.54) is 6.42 Å². The minimum Gasteiger partial charge on any atom is -0.306 e. The van der Waals surface area contributed by atoms with E-state index in [-0.39, 0.29) is 17.5 Å². The van der Waals surface area contributed by atoms with Crippen LogP contribution >= 0.6 is 15.9 Å². The molecule has 3 fully saturated rings. The number of aromatic nitrogens is 1. The predicted molar refractivity (Wildman–Crippen MR) is 97.0 cm³/mol. The van der Waals surface area contributed by atoms with E-state index in [2.05, 4.69) is 31.9 Å². The molecule has 1 amide bonds. The first-order valence-electron chi connectivity index (χ1n) is 9.02. The summed E-state index contributed by atoms with van der Waals surface area (Å²) in [7, 11) is 0. The van der Waals surface area contributed by atoms with E-state index >= 15 is 0 Å². The number of rotatable bonds is 2. The molecule has 3 heterocycles. The second-order valence-electron chi connectivity index (χ2n) is 8.69. The van der Waals surface area contributed by atoms with Crippen molar-refractivity contribution in [1.29, 1.82) is 5.26 Å². The quantitative estimate of drug-likeness (QED) is 0.765. The van der Waals surface area contributed by atoms with E-state index in [0.717, 1.165) is 53.6 Å². The highest BCUT2D eigenvalue weighted by Gasteiger charge is 2.60. The molecule has 0 radical (unpaired) electrons. The largest absolute Gasteiger partial charge is 0.306 e. The maximum Gasteiger partial charge on any atom is 0.239 e. The Morgan fingerprint density at radius 2 is 2.00 bits per heavy atom. The molecule has 2 atom stereocenters. The van der Waals surface area contributed by atoms with Crippen molar-refractivity contribution in [2.45, 2.75) is 50.1 Å². The van der Waals surface area contributed by atoms with Gasteiger partial charge in [-0.15, -0.1) is 0 Å². The zero-order valence-corrected chi connectivity index (χ0v) is 16.1. The molecule has 130 valence electrons. The Bertz CT molecular complexity index is 813. The molecule has 6 heteroatoms. The number of hydrogen-bond acceptors (Lipinski definition) is 4. The van der Waals surface area contributed by atoms with Crippen LogP contribution in [0.15, 0.2) is 16.7 Å². The van der Waals surface area contributed by atoms with Gasteiger partial charge in [-0.1, -0.05) is 0 Å². The Morgan fingerprint density at radius 3 is 2.64 bits per heavy atom. The van der Waals surface area contributed by atoms with Crippen molar-refractivity contribution in [2.75, 3.05) is 18.0 Å². The molecule has 2 unspecified atom stereocenters. The monoisotopic (exact) mass is 400 g/mol. The van der Waals surface area contributed by atoms with Crippen molar-refractivity contribution in [1.82, 2.24) is 9.88 Å². The van der Waals surface area contributed by atoms with Gasteiger partial charge in [0.2, 0.25) is 5.91 Å². The van der Waals surface area contributed by atoms with Crippen LogP contribution in [0.2, 0.25) is 0 Å². The number of pyridine rings is 1. The Labute approximate surface area is 156 Å². The molecule has 0 N–H and O–H groups in total. The van der Waals surface area contributed by atoms with Crippen molar-refractivity contribution in [2.24, 2.45) is 11.8 Å². The number of likely N-dealkylation sites (tertiary alicyclic amines) is 1. The van der Waals surface area contributed by atoms with Gasteiger partial charge in [0.05, 0.1) is 22.9 Å².